The summed E-state index contributed by atoms with van der Waals surface area (Å²) in [6.07, 6.45) is 4.93. The van der Waals surface area contributed by atoms with Crippen LogP contribution >= 0.6 is 11.8 Å². The molecule has 0 unspecified atom stereocenters. The maximum Gasteiger partial charge on any atom is 0.253 e. The van der Waals surface area contributed by atoms with E-state index in [-0.39, 0.29) is 11.8 Å². The van der Waals surface area contributed by atoms with E-state index in [1.165, 1.54) is 17.3 Å². The minimum Gasteiger partial charge on any atom is -0.339 e. The molecular weight excluding hydrogens is 430 g/mol. The van der Waals surface area contributed by atoms with Gasteiger partial charge in [0.1, 0.15) is 5.03 Å². The number of hydrogen-bond acceptors (Lipinski definition) is 4. The van der Waals surface area contributed by atoms with Crippen molar-refractivity contribution in [2.45, 2.75) is 30.8 Å². The molecule has 0 saturated carbocycles. The number of thioether (sulfide) groups is 1. The molecule has 0 N–H and O–H groups in total. The van der Waals surface area contributed by atoms with Crippen molar-refractivity contribution in [3.63, 3.8) is 0 Å². The highest BCUT2D eigenvalue weighted by molar-refractivity contribution is 8.00. The van der Waals surface area contributed by atoms with E-state index in [0.29, 0.717) is 23.8 Å². The van der Waals surface area contributed by atoms with Crippen molar-refractivity contribution in [2.24, 2.45) is 5.92 Å². The molecule has 0 aliphatic carbocycles. The van der Waals surface area contributed by atoms with E-state index in [0.717, 1.165) is 48.6 Å². The first-order valence-electron chi connectivity index (χ1n) is 11.5. The molecule has 1 fully saturated rings. The molecule has 0 radical (unpaired) electrons. The number of hydrogen-bond donors (Lipinski definition) is 0. The molecule has 168 valence electrons. The number of aromatic nitrogens is 1. The Morgan fingerprint density at radius 2 is 1.70 bits per heavy atom. The van der Waals surface area contributed by atoms with Crippen LogP contribution in [0, 0.1) is 5.92 Å². The van der Waals surface area contributed by atoms with Crippen molar-refractivity contribution < 1.29 is 9.59 Å². The van der Waals surface area contributed by atoms with E-state index >= 15 is 0 Å². The second kappa shape index (κ2) is 9.79. The monoisotopic (exact) mass is 457 g/mol. The SMILES string of the molecule is O=C(c1ccc(CN2C(=O)CSc3ncccc32)cc1)N1CCC(Cc2ccccc2)CC1. The molecule has 1 aromatic heterocycles. The number of amides is 2. The molecule has 3 aromatic rings. The predicted octanol–water partition coefficient (Wildman–Crippen LogP) is 4.82. The van der Waals surface area contributed by atoms with Gasteiger partial charge in [-0.25, -0.2) is 4.98 Å². The van der Waals surface area contributed by atoms with Gasteiger partial charge in [0, 0.05) is 24.8 Å². The second-order valence-electron chi connectivity index (χ2n) is 8.72. The number of anilines is 1. The molecule has 6 heteroatoms. The van der Waals surface area contributed by atoms with Crippen LogP contribution in [0.4, 0.5) is 5.69 Å². The molecule has 2 aromatic carbocycles. The minimum absolute atomic E-state index is 0.0824. The van der Waals surface area contributed by atoms with Gasteiger partial charge in [-0.1, -0.05) is 54.2 Å². The van der Waals surface area contributed by atoms with Crippen LogP contribution in [0.5, 0.6) is 0 Å². The maximum absolute atomic E-state index is 13.0. The lowest BCUT2D eigenvalue weighted by molar-refractivity contribution is -0.116. The number of pyridine rings is 1. The van der Waals surface area contributed by atoms with E-state index in [4.69, 9.17) is 0 Å². The van der Waals surface area contributed by atoms with Crippen molar-refractivity contribution >= 4 is 29.3 Å². The van der Waals surface area contributed by atoms with Crippen LogP contribution in [-0.4, -0.2) is 40.5 Å². The highest BCUT2D eigenvalue weighted by atomic mass is 32.2. The molecule has 33 heavy (non-hydrogen) atoms. The molecule has 0 bridgehead atoms. The highest BCUT2D eigenvalue weighted by Crippen LogP contribution is 2.34. The Labute approximate surface area is 198 Å². The van der Waals surface area contributed by atoms with Crippen LogP contribution in [-0.2, 0) is 17.8 Å². The van der Waals surface area contributed by atoms with Gasteiger partial charge in [-0.3, -0.25) is 9.59 Å². The van der Waals surface area contributed by atoms with E-state index < -0.39 is 0 Å². The Hall–Kier alpha value is -3.12. The number of benzene rings is 2. The second-order valence-corrected chi connectivity index (χ2v) is 9.68. The zero-order valence-electron chi connectivity index (χ0n) is 18.5. The van der Waals surface area contributed by atoms with Crippen LogP contribution in [0.1, 0.15) is 34.3 Å². The van der Waals surface area contributed by atoms with Gasteiger partial charge in [0.25, 0.3) is 5.91 Å². The minimum atomic E-state index is 0.0824. The third-order valence-electron chi connectivity index (χ3n) is 6.49. The third kappa shape index (κ3) is 4.96. The first-order valence-corrected chi connectivity index (χ1v) is 12.5. The van der Waals surface area contributed by atoms with Crippen LogP contribution in [0.25, 0.3) is 0 Å². The van der Waals surface area contributed by atoms with Gasteiger partial charge in [0.05, 0.1) is 18.0 Å². The summed E-state index contributed by atoms with van der Waals surface area (Å²) in [6, 6.07) is 22.1. The smallest absolute Gasteiger partial charge is 0.253 e. The molecule has 2 aliphatic heterocycles. The summed E-state index contributed by atoms with van der Waals surface area (Å²) >= 11 is 1.48. The van der Waals surface area contributed by atoms with Gasteiger partial charge < -0.3 is 9.80 Å². The number of likely N-dealkylation sites (tertiary alicyclic amines) is 1. The van der Waals surface area contributed by atoms with Gasteiger partial charge in [0.2, 0.25) is 5.91 Å². The lowest BCUT2D eigenvalue weighted by atomic mass is 9.90. The number of rotatable bonds is 5. The van der Waals surface area contributed by atoms with Gasteiger partial charge in [-0.05, 0) is 60.6 Å². The predicted molar refractivity (Wildman–Crippen MR) is 131 cm³/mol. The van der Waals surface area contributed by atoms with Crippen molar-refractivity contribution in [3.05, 3.63) is 89.6 Å². The van der Waals surface area contributed by atoms with Crippen LogP contribution < -0.4 is 4.90 Å². The lowest BCUT2D eigenvalue weighted by Gasteiger charge is -2.32. The van der Waals surface area contributed by atoms with E-state index in [1.807, 2.05) is 41.3 Å². The molecule has 0 atom stereocenters. The summed E-state index contributed by atoms with van der Waals surface area (Å²) < 4.78 is 0. The summed E-state index contributed by atoms with van der Waals surface area (Å²) in [4.78, 5) is 33.7. The highest BCUT2D eigenvalue weighted by Gasteiger charge is 2.26. The first-order chi connectivity index (χ1) is 16.2. The Balaban J connectivity index is 1.19. The molecule has 3 heterocycles. The molecule has 2 aliphatic rings. The summed E-state index contributed by atoms with van der Waals surface area (Å²) in [5, 5.41) is 0.888. The molecule has 1 saturated heterocycles. The van der Waals surface area contributed by atoms with Gasteiger partial charge in [0.15, 0.2) is 0 Å². The fourth-order valence-corrected chi connectivity index (χ4v) is 5.50. The fourth-order valence-electron chi connectivity index (χ4n) is 4.62. The van der Waals surface area contributed by atoms with Crippen LogP contribution in [0.15, 0.2) is 78.0 Å². The van der Waals surface area contributed by atoms with Crippen molar-refractivity contribution in [1.29, 1.82) is 0 Å². The largest absolute Gasteiger partial charge is 0.339 e. The number of nitrogens with zero attached hydrogens (tertiary/aromatic N) is 3. The Bertz CT molecular complexity index is 1130. The average molecular weight is 458 g/mol. The third-order valence-corrected chi connectivity index (χ3v) is 7.47. The lowest BCUT2D eigenvalue weighted by Crippen LogP contribution is -2.39. The summed E-state index contributed by atoms with van der Waals surface area (Å²) in [7, 11) is 0. The zero-order chi connectivity index (χ0) is 22.6. The quantitative estimate of drug-likeness (QED) is 0.552. The van der Waals surface area contributed by atoms with Crippen molar-refractivity contribution in [2.75, 3.05) is 23.7 Å². The summed E-state index contributed by atoms with van der Waals surface area (Å²) in [5.41, 5.74) is 3.95. The standard InChI is InChI=1S/C27H27N3O2S/c31-25-19-33-26-24(7-4-14-28-26)30(25)18-22-8-10-23(11-9-22)27(32)29-15-12-21(13-16-29)17-20-5-2-1-3-6-20/h1-11,14,21H,12-13,15-19H2. The molecule has 5 rings (SSSR count). The fraction of sp³-hybridized carbons (Fsp3) is 0.296. The summed E-state index contributed by atoms with van der Waals surface area (Å²) in [6.45, 7) is 2.10. The van der Waals surface area contributed by atoms with Crippen molar-refractivity contribution in [3.8, 4) is 0 Å². The normalized spacial score (nSPS) is 16.5. The van der Waals surface area contributed by atoms with Gasteiger partial charge in [-0.15, -0.1) is 0 Å². The molecule has 5 nitrogen and oxygen atoms in total. The van der Waals surface area contributed by atoms with Crippen LogP contribution in [0.2, 0.25) is 0 Å². The topological polar surface area (TPSA) is 53.5 Å². The Morgan fingerprint density at radius 3 is 2.45 bits per heavy atom. The molecule has 2 amide bonds. The number of fused-ring (bicyclic) bond motifs is 1. The van der Waals surface area contributed by atoms with Crippen LogP contribution in [0.3, 0.4) is 0 Å². The van der Waals surface area contributed by atoms with Gasteiger partial charge >= 0.3 is 0 Å². The number of carbonyl (C=O) groups is 2. The molecule has 0 spiro atoms. The summed E-state index contributed by atoms with van der Waals surface area (Å²) in [5.74, 6) is 1.22. The average Bonchev–Trinajstić information content (AvgIpc) is 2.87. The Morgan fingerprint density at radius 1 is 0.939 bits per heavy atom. The van der Waals surface area contributed by atoms with E-state index in [1.54, 1.807) is 11.1 Å². The molecular formula is C27H27N3O2S. The number of carbonyl (C=O) groups excluding carboxylic acids is 2. The van der Waals surface area contributed by atoms with E-state index in [9.17, 15) is 9.59 Å². The Kier molecular flexibility index (Phi) is 6.44. The van der Waals surface area contributed by atoms with Gasteiger partial charge in [-0.2, -0.15) is 0 Å². The maximum atomic E-state index is 13.0. The van der Waals surface area contributed by atoms with E-state index in [2.05, 4.69) is 35.3 Å². The van der Waals surface area contributed by atoms with Crippen molar-refractivity contribution in [1.82, 2.24) is 9.88 Å². The first kappa shape index (κ1) is 21.7. The zero-order valence-corrected chi connectivity index (χ0v) is 19.3. The number of piperidine rings is 1.